The molecule has 3 unspecified atom stereocenters. The van der Waals surface area contributed by atoms with Crippen molar-refractivity contribution in [2.75, 3.05) is 40.9 Å². The van der Waals surface area contributed by atoms with Crippen LogP contribution in [-0.2, 0) is 18.4 Å². The van der Waals surface area contributed by atoms with Crippen molar-refractivity contribution in [3.63, 3.8) is 0 Å². The summed E-state index contributed by atoms with van der Waals surface area (Å²) in [5.41, 5.74) is 0. The second-order valence-corrected chi connectivity index (χ2v) is 20.7. The van der Waals surface area contributed by atoms with Crippen LogP contribution < -0.4 is 5.32 Å². The van der Waals surface area contributed by atoms with Gasteiger partial charge in [-0.15, -0.1) is 0 Å². The van der Waals surface area contributed by atoms with E-state index in [0.717, 1.165) is 51.4 Å². The van der Waals surface area contributed by atoms with Gasteiger partial charge in [-0.2, -0.15) is 0 Å². The number of aliphatic hydroxyl groups is 1. The lowest BCUT2D eigenvalue weighted by molar-refractivity contribution is -0.870. The molecule has 0 aliphatic rings. The Bertz CT molecular complexity index is 1170. The van der Waals surface area contributed by atoms with Crippen LogP contribution in [0.4, 0.5) is 0 Å². The molecule has 0 heterocycles. The fraction of sp³-hybridized carbons (Fsp3) is 0.833. The maximum Gasteiger partial charge on any atom is 0.472 e. The number of rotatable bonds is 48. The highest BCUT2D eigenvalue weighted by Gasteiger charge is 2.27. The van der Waals surface area contributed by atoms with Gasteiger partial charge in [-0.1, -0.05) is 223 Å². The van der Waals surface area contributed by atoms with Gasteiger partial charge in [0.1, 0.15) is 13.2 Å². The number of nitrogens with zero attached hydrogens (tertiary/aromatic N) is 1. The number of nitrogens with one attached hydrogen (secondary N) is 1. The Kier molecular flexibility index (Phi) is 44.5. The minimum atomic E-state index is -4.35. The summed E-state index contributed by atoms with van der Waals surface area (Å²) in [4.78, 5) is 23.2. The highest BCUT2D eigenvalue weighted by Crippen LogP contribution is 2.43. The van der Waals surface area contributed by atoms with Crippen LogP contribution in [0, 0.1) is 0 Å². The lowest BCUT2D eigenvalue weighted by Crippen LogP contribution is -2.45. The molecule has 0 rings (SSSR count). The SMILES string of the molecule is CC/C=C\C/C=C\CCCCCCCCCCCCCCCCC(=O)NC(COP(=O)(O)OCC[N+](C)(C)C)C(O)/C=C/CC/C=C/CCCCCCCCCCCCCCCC. The molecule has 9 heteroatoms. The molecule has 0 radical (unpaired) electrons. The Morgan fingerprint density at radius 1 is 0.556 bits per heavy atom. The van der Waals surface area contributed by atoms with Crippen molar-refractivity contribution in [2.45, 2.75) is 251 Å². The van der Waals surface area contributed by atoms with Crippen LogP contribution in [0.5, 0.6) is 0 Å². The third kappa shape index (κ3) is 48.2. The summed E-state index contributed by atoms with van der Waals surface area (Å²) in [5.74, 6) is -0.187. The fourth-order valence-electron chi connectivity index (χ4n) is 7.63. The minimum Gasteiger partial charge on any atom is -0.387 e. The number of allylic oxidation sites excluding steroid dienone is 7. The first-order valence-electron chi connectivity index (χ1n) is 26.5. The van der Waals surface area contributed by atoms with E-state index in [1.807, 2.05) is 27.2 Å². The lowest BCUT2D eigenvalue weighted by atomic mass is 10.0. The molecule has 0 bridgehead atoms. The van der Waals surface area contributed by atoms with Crippen LogP contribution in [0.3, 0.4) is 0 Å². The van der Waals surface area contributed by atoms with E-state index in [9.17, 15) is 19.4 Å². The zero-order valence-electron chi connectivity index (χ0n) is 42.1. The van der Waals surface area contributed by atoms with E-state index in [-0.39, 0.29) is 19.1 Å². The second kappa shape index (κ2) is 45.6. The third-order valence-corrected chi connectivity index (χ3v) is 12.8. The molecule has 0 aromatic carbocycles. The van der Waals surface area contributed by atoms with E-state index in [2.05, 4.69) is 55.6 Å². The number of carbonyl (C=O) groups excluding carboxylic acids is 1. The van der Waals surface area contributed by atoms with E-state index in [0.29, 0.717) is 17.4 Å². The molecule has 1 amide bonds. The summed E-state index contributed by atoms with van der Waals surface area (Å²) in [6.45, 7) is 4.71. The summed E-state index contributed by atoms with van der Waals surface area (Å²) in [7, 11) is 1.56. The molecule has 8 nitrogen and oxygen atoms in total. The van der Waals surface area contributed by atoms with Crippen molar-refractivity contribution in [1.29, 1.82) is 0 Å². The van der Waals surface area contributed by atoms with Gasteiger partial charge in [0, 0.05) is 6.42 Å². The van der Waals surface area contributed by atoms with Gasteiger partial charge in [0.25, 0.3) is 0 Å². The number of likely N-dealkylation sites (N-methyl/N-ethyl adjacent to an activating group) is 1. The zero-order valence-corrected chi connectivity index (χ0v) is 43.0. The summed E-state index contributed by atoms with van der Waals surface area (Å²) < 4.78 is 23.7. The molecule has 0 saturated heterocycles. The summed E-state index contributed by atoms with van der Waals surface area (Å²) in [5, 5.41) is 13.9. The Hall–Kier alpha value is -1.54. The molecule has 3 N–H and O–H groups in total. The number of aliphatic hydroxyl groups excluding tert-OH is 1. The summed E-state index contributed by atoms with van der Waals surface area (Å²) in [6.07, 6.45) is 59.1. The Balaban J connectivity index is 4.31. The van der Waals surface area contributed by atoms with Crippen molar-refractivity contribution in [1.82, 2.24) is 5.32 Å². The van der Waals surface area contributed by atoms with Crippen LogP contribution in [-0.4, -0.2) is 73.4 Å². The summed E-state index contributed by atoms with van der Waals surface area (Å²) >= 11 is 0. The third-order valence-electron chi connectivity index (χ3n) is 11.8. The van der Waals surface area contributed by atoms with Gasteiger partial charge in [-0.3, -0.25) is 13.8 Å². The van der Waals surface area contributed by atoms with Crippen LogP contribution in [0.15, 0.2) is 48.6 Å². The molecule has 3 atom stereocenters. The molecule has 0 spiro atoms. The largest absolute Gasteiger partial charge is 0.472 e. The van der Waals surface area contributed by atoms with E-state index < -0.39 is 20.0 Å². The Labute approximate surface area is 390 Å². The first kappa shape index (κ1) is 61.5. The Morgan fingerprint density at radius 2 is 0.968 bits per heavy atom. The maximum atomic E-state index is 12.9. The van der Waals surface area contributed by atoms with E-state index in [1.54, 1.807) is 6.08 Å². The number of unbranched alkanes of at least 4 members (excludes halogenated alkanes) is 29. The first-order chi connectivity index (χ1) is 30.5. The monoisotopic (exact) mass is 908 g/mol. The number of amides is 1. The quantitative estimate of drug-likeness (QED) is 0.0243. The molecule has 0 aliphatic carbocycles. The van der Waals surface area contributed by atoms with Gasteiger partial charge in [0.05, 0.1) is 39.9 Å². The zero-order chi connectivity index (χ0) is 46.4. The average molecular weight is 908 g/mol. The van der Waals surface area contributed by atoms with Crippen molar-refractivity contribution >= 4 is 13.7 Å². The van der Waals surface area contributed by atoms with Crippen molar-refractivity contribution in [3.8, 4) is 0 Å². The van der Waals surface area contributed by atoms with Gasteiger partial charge in [0.15, 0.2) is 0 Å². The summed E-state index contributed by atoms with van der Waals surface area (Å²) in [6, 6.07) is -0.863. The van der Waals surface area contributed by atoms with E-state index in [1.165, 1.54) is 167 Å². The molecular formula is C54H104N2O6P+. The van der Waals surface area contributed by atoms with E-state index in [4.69, 9.17) is 9.05 Å². The molecular weight excluding hydrogens is 804 g/mol. The number of phosphoric acid groups is 1. The molecule has 0 aromatic rings. The van der Waals surface area contributed by atoms with Crippen LogP contribution in [0.1, 0.15) is 239 Å². The molecule has 0 aromatic heterocycles. The molecule has 370 valence electrons. The predicted molar refractivity (Wildman–Crippen MR) is 272 cm³/mol. The van der Waals surface area contributed by atoms with Crippen molar-refractivity contribution in [2.24, 2.45) is 0 Å². The number of quaternary nitrogens is 1. The van der Waals surface area contributed by atoms with Gasteiger partial charge in [0.2, 0.25) is 5.91 Å². The van der Waals surface area contributed by atoms with Crippen LogP contribution >= 0.6 is 7.82 Å². The first-order valence-corrected chi connectivity index (χ1v) is 28.0. The highest BCUT2D eigenvalue weighted by atomic mass is 31.2. The van der Waals surface area contributed by atoms with Gasteiger partial charge in [-0.25, -0.2) is 4.57 Å². The predicted octanol–water partition coefficient (Wildman–Crippen LogP) is 15.6. The number of phosphoric ester groups is 1. The average Bonchev–Trinajstić information content (AvgIpc) is 3.24. The van der Waals surface area contributed by atoms with Gasteiger partial charge >= 0.3 is 7.82 Å². The topological polar surface area (TPSA) is 105 Å². The molecule has 63 heavy (non-hydrogen) atoms. The molecule has 0 saturated carbocycles. The number of hydrogen-bond acceptors (Lipinski definition) is 5. The van der Waals surface area contributed by atoms with Crippen LogP contribution in [0.25, 0.3) is 0 Å². The van der Waals surface area contributed by atoms with Crippen LogP contribution in [0.2, 0.25) is 0 Å². The normalized spacial score (nSPS) is 14.5. The van der Waals surface area contributed by atoms with Crippen molar-refractivity contribution < 1.29 is 32.9 Å². The van der Waals surface area contributed by atoms with Crippen molar-refractivity contribution in [3.05, 3.63) is 48.6 Å². The maximum absolute atomic E-state index is 12.9. The molecule has 0 aliphatic heterocycles. The molecule has 0 fully saturated rings. The smallest absolute Gasteiger partial charge is 0.387 e. The standard InChI is InChI=1S/C54H103N2O6P/c1-6-8-10-12-14-16-18-20-22-24-26-28-30-32-34-36-38-40-42-44-46-48-54(58)55-52(51-62-63(59,60)61-50-49-56(3,4)5)53(57)47-45-43-41-39-37-35-33-31-29-27-25-23-21-19-17-15-13-11-9-7-2/h8,10,14,16,37,39,45,47,52-53,57H,6-7,9,11-13,15,17-36,38,40-44,46,48-51H2,1-5H3,(H-,55,58,59,60)/p+1/b10-8-,16-14-,39-37+,47-45+. The number of hydrogen-bond donors (Lipinski definition) is 3. The van der Waals surface area contributed by atoms with E-state index >= 15 is 0 Å². The van der Waals surface area contributed by atoms with Gasteiger partial charge in [-0.05, 0) is 57.8 Å². The fourth-order valence-corrected chi connectivity index (χ4v) is 8.36. The minimum absolute atomic E-state index is 0.0559. The number of carbonyl (C=O) groups is 1. The highest BCUT2D eigenvalue weighted by molar-refractivity contribution is 7.47. The lowest BCUT2D eigenvalue weighted by Gasteiger charge is -2.25. The Morgan fingerprint density at radius 3 is 1.44 bits per heavy atom. The van der Waals surface area contributed by atoms with Gasteiger partial charge < -0.3 is 19.8 Å². The second-order valence-electron chi connectivity index (χ2n) is 19.2.